The summed E-state index contributed by atoms with van der Waals surface area (Å²) in [5, 5.41) is 4.06. The van der Waals surface area contributed by atoms with E-state index in [0.29, 0.717) is 24.3 Å². The van der Waals surface area contributed by atoms with Gasteiger partial charge in [0.05, 0.1) is 0 Å². The van der Waals surface area contributed by atoms with Gasteiger partial charge < -0.3 is 9.42 Å². The second-order valence-electron chi connectivity index (χ2n) is 6.36. The molecule has 1 saturated carbocycles. The number of aromatic nitrogens is 4. The number of amides is 1. The molecule has 7 nitrogen and oxygen atoms in total. The van der Waals surface area contributed by atoms with Crippen LogP contribution in [0.4, 0.5) is 0 Å². The lowest BCUT2D eigenvalue weighted by Gasteiger charge is -2.31. The van der Waals surface area contributed by atoms with Gasteiger partial charge in [-0.1, -0.05) is 5.16 Å². The van der Waals surface area contributed by atoms with Crippen LogP contribution in [0.5, 0.6) is 0 Å². The standard InChI is InChI=1S/C16H19N5O2/c22-16(15-17-6-2-7-18-15)21-8-1-3-11(10-21)9-13-19-14(20-23-13)12-4-5-12/h2,6-7,11-12H,1,3-5,8-10H2/t11-/m0/s1. The molecule has 1 aliphatic heterocycles. The molecule has 2 fully saturated rings. The van der Waals surface area contributed by atoms with Crippen molar-refractivity contribution in [3.63, 3.8) is 0 Å². The van der Waals surface area contributed by atoms with Gasteiger partial charge in [-0.15, -0.1) is 0 Å². The molecule has 1 amide bonds. The highest BCUT2D eigenvalue weighted by Crippen LogP contribution is 2.38. The highest BCUT2D eigenvalue weighted by molar-refractivity contribution is 5.90. The lowest BCUT2D eigenvalue weighted by molar-refractivity contribution is 0.0655. The van der Waals surface area contributed by atoms with Gasteiger partial charge in [-0.3, -0.25) is 4.79 Å². The third-order valence-corrected chi connectivity index (χ3v) is 4.45. The first-order valence-corrected chi connectivity index (χ1v) is 8.18. The maximum absolute atomic E-state index is 12.4. The van der Waals surface area contributed by atoms with Gasteiger partial charge in [-0.05, 0) is 37.7 Å². The van der Waals surface area contributed by atoms with Crippen LogP contribution in [0.25, 0.3) is 0 Å². The maximum Gasteiger partial charge on any atom is 0.291 e. The number of piperidine rings is 1. The number of rotatable bonds is 4. The fourth-order valence-corrected chi connectivity index (χ4v) is 3.07. The summed E-state index contributed by atoms with van der Waals surface area (Å²) in [5.74, 6) is 2.57. The summed E-state index contributed by atoms with van der Waals surface area (Å²) in [7, 11) is 0. The quantitative estimate of drug-likeness (QED) is 0.856. The van der Waals surface area contributed by atoms with Crippen LogP contribution < -0.4 is 0 Å². The second-order valence-corrected chi connectivity index (χ2v) is 6.36. The minimum Gasteiger partial charge on any atom is -0.339 e. The zero-order valence-electron chi connectivity index (χ0n) is 12.9. The van der Waals surface area contributed by atoms with Gasteiger partial charge in [0.15, 0.2) is 5.82 Å². The number of likely N-dealkylation sites (tertiary alicyclic amines) is 1. The number of hydrogen-bond acceptors (Lipinski definition) is 6. The van der Waals surface area contributed by atoms with Crippen LogP contribution >= 0.6 is 0 Å². The third-order valence-electron chi connectivity index (χ3n) is 4.45. The molecule has 0 N–H and O–H groups in total. The minimum absolute atomic E-state index is 0.0977. The summed E-state index contributed by atoms with van der Waals surface area (Å²) in [6, 6.07) is 1.71. The molecule has 1 atom stereocenters. The smallest absolute Gasteiger partial charge is 0.291 e. The second kappa shape index (κ2) is 6.06. The molecule has 1 saturated heterocycles. The highest BCUT2D eigenvalue weighted by Gasteiger charge is 2.30. The third kappa shape index (κ3) is 3.23. The fourth-order valence-electron chi connectivity index (χ4n) is 3.07. The lowest BCUT2D eigenvalue weighted by Crippen LogP contribution is -2.41. The summed E-state index contributed by atoms with van der Waals surface area (Å²) >= 11 is 0. The van der Waals surface area contributed by atoms with E-state index in [1.165, 1.54) is 12.8 Å². The lowest BCUT2D eigenvalue weighted by atomic mass is 9.94. The maximum atomic E-state index is 12.4. The Morgan fingerprint density at radius 3 is 2.87 bits per heavy atom. The van der Waals surface area contributed by atoms with Crippen LogP contribution in [0.1, 0.15) is 53.9 Å². The van der Waals surface area contributed by atoms with E-state index < -0.39 is 0 Å². The Morgan fingerprint density at radius 2 is 2.09 bits per heavy atom. The molecule has 23 heavy (non-hydrogen) atoms. The van der Waals surface area contributed by atoms with Crippen molar-refractivity contribution in [3.05, 3.63) is 36.0 Å². The van der Waals surface area contributed by atoms with Crippen molar-refractivity contribution in [1.82, 2.24) is 25.0 Å². The fraction of sp³-hybridized carbons (Fsp3) is 0.562. The van der Waals surface area contributed by atoms with E-state index >= 15 is 0 Å². The topological polar surface area (TPSA) is 85.0 Å². The molecular formula is C16H19N5O2. The molecule has 3 heterocycles. The molecule has 0 radical (unpaired) electrons. The van der Waals surface area contributed by atoms with E-state index in [0.717, 1.165) is 31.6 Å². The molecule has 4 rings (SSSR count). The van der Waals surface area contributed by atoms with Crippen LogP contribution in [-0.4, -0.2) is 44.0 Å². The van der Waals surface area contributed by atoms with Gasteiger partial charge in [-0.25, -0.2) is 9.97 Å². The number of carbonyl (C=O) groups is 1. The SMILES string of the molecule is O=C(c1ncccn1)N1CCC[C@@H](Cc2nc(C3CC3)no2)C1. The van der Waals surface area contributed by atoms with Gasteiger partial charge in [0.25, 0.3) is 5.91 Å². The monoisotopic (exact) mass is 313 g/mol. The van der Waals surface area contributed by atoms with Crippen molar-refractivity contribution in [3.8, 4) is 0 Å². The van der Waals surface area contributed by atoms with E-state index in [4.69, 9.17) is 4.52 Å². The van der Waals surface area contributed by atoms with Crippen molar-refractivity contribution < 1.29 is 9.32 Å². The van der Waals surface area contributed by atoms with Gasteiger partial charge in [0, 0.05) is 37.8 Å². The summed E-state index contributed by atoms with van der Waals surface area (Å²) in [6.07, 6.45) is 8.31. The van der Waals surface area contributed by atoms with Crippen LogP contribution in [0.3, 0.4) is 0 Å². The molecule has 120 valence electrons. The summed E-state index contributed by atoms with van der Waals surface area (Å²) in [4.78, 5) is 26.9. The van der Waals surface area contributed by atoms with E-state index in [2.05, 4.69) is 20.1 Å². The zero-order valence-corrected chi connectivity index (χ0v) is 12.9. The normalized spacial score (nSPS) is 21.4. The largest absolute Gasteiger partial charge is 0.339 e. The predicted molar refractivity (Wildman–Crippen MR) is 80.6 cm³/mol. The van der Waals surface area contributed by atoms with Gasteiger partial charge >= 0.3 is 0 Å². The number of carbonyl (C=O) groups excluding carboxylic acids is 1. The summed E-state index contributed by atoms with van der Waals surface area (Å²) in [6.45, 7) is 1.45. The Labute approximate surface area is 134 Å². The van der Waals surface area contributed by atoms with E-state index in [9.17, 15) is 4.79 Å². The Kier molecular flexibility index (Phi) is 3.77. The molecule has 2 aromatic rings. The van der Waals surface area contributed by atoms with Crippen molar-refractivity contribution in [2.45, 2.75) is 38.0 Å². The summed E-state index contributed by atoms with van der Waals surface area (Å²) < 4.78 is 5.36. The highest BCUT2D eigenvalue weighted by atomic mass is 16.5. The molecule has 0 bridgehead atoms. The molecule has 1 aliphatic carbocycles. The van der Waals surface area contributed by atoms with Crippen LogP contribution in [-0.2, 0) is 6.42 Å². The first-order chi connectivity index (χ1) is 11.3. The Morgan fingerprint density at radius 1 is 1.26 bits per heavy atom. The van der Waals surface area contributed by atoms with E-state index in [1.54, 1.807) is 18.5 Å². The first-order valence-electron chi connectivity index (χ1n) is 8.18. The number of hydrogen-bond donors (Lipinski definition) is 0. The van der Waals surface area contributed by atoms with Gasteiger partial charge in [-0.2, -0.15) is 4.98 Å². The Balaban J connectivity index is 1.39. The van der Waals surface area contributed by atoms with Crippen molar-refractivity contribution in [1.29, 1.82) is 0 Å². The molecule has 2 aliphatic rings. The molecular weight excluding hydrogens is 294 g/mol. The predicted octanol–water partition coefficient (Wildman–Crippen LogP) is 1.83. The van der Waals surface area contributed by atoms with Crippen LogP contribution in [0, 0.1) is 5.92 Å². The van der Waals surface area contributed by atoms with Crippen molar-refractivity contribution >= 4 is 5.91 Å². The number of nitrogens with zero attached hydrogens (tertiary/aromatic N) is 5. The van der Waals surface area contributed by atoms with Crippen molar-refractivity contribution in [2.75, 3.05) is 13.1 Å². The van der Waals surface area contributed by atoms with Crippen molar-refractivity contribution in [2.24, 2.45) is 5.92 Å². The van der Waals surface area contributed by atoms with Gasteiger partial charge in [0.2, 0.25) is 11.7 Å². The molecule has 0 aromatic carbocycles. The van der Waals surface area contributed by atoms with Crippen LogP contribution in [0.2, 0.25) is 0 Å². The van der Waals surface area contributed by atoms with Gasteiger partial charge in [0.1, 0.15) is 0 Å². The molecule has 0 spiro atoms. The molecule has 2 aromatic heterocycles. The molecule has 7 heteroatoms. The first kappa shape index (κ1) is 14.3. The van der Waals surface area contributed by atoms with Crippen LogP contribution in [0.15, 0.2) is 23.0 Å². The Hall–Kier alpha value is -2.31. The average molecular weight is 313 g/mol. The molecule has 0 unspecified atom stereocenters. The van der Waals surface area contributed by atoms with E-state index in [1.807, 2.05) is 4.90 Å². The minimum atomic E-state index is -0.0977. The van der Waals surface area contributed by atoms with E-state index in [-0.39, 0.29) is 11.7 Å². The summed E-state index contributed by atoms with van der Waals surface area (Å²) in [5.41, 5.74) is 0. The Bertz CT molecular complexity index is 683. The zero-order chi connectivity index (χ0) is 15.6. The average Bonchev–Trinajstić information content (AvgIpc) is 3.35.